The van der Waals surface area contributed by atoms with E-state index in [4.69, 9.17) is 9.84 Å². The molecule has 0 saturated carbocycles. The molecule has 10 nitrogen and oxygen atoms in total. The number of ether oxygens (including phenoxy) is 1. The number of hydrogen-bond donors (Lipinski definition) is 1. The molecule has 242 valence electrons. The Labute approximate surface area is 272 Å². The Bertz CT molecular complexity index is 2280. The Balaban J connectivity index is 1.15. The molecule has 0 radical (unpaired) electrons. The Morgan fingerprint density at radius 3 is 2.48 bits per heavy atom. The molecule has 0 aliphatic carbocycles. The highest BCUT2D eigenvalue weighted by Gasteiger charge is 2.32. The molecule has 0 saturated heterocycles. The van der Waals surface area contributed by atoms with Gasteiger partial charge in [0.2, 0.25) is 0 Å². The molecule has 0 aliphatic rings. The van der Waals surface area contributed by atoms with E-state index in [1.165, 1.54) is 16.8 Å². The van der Waals surface area contributed by atoms with E-state index in [-0.39, 0.29) is 11.3 Å². The molecular weight excluding hydrogens is 621 g/mol. The molecule has 7 rings (SSSR count). The summed E-state index contributed by atoms with van der Waals surface area (Å²) in [4.78, 5) is 17.5. The summed E-state index contributed by atoms with van der Waals surface area (Å²) in [6.45, 7) is 4.20. The fourth-order valence-corrected chi connectivity index (χ4v) is 5.57. The van der Waals surface area contributed by atoms with E-state index in [0.717, 1.165) is 51.6 Å². The van der Waals surface area contributed by atoms with Crippen LogP contribution >= 0.6 is 0 Å². The number of fused-ring (bicyclic) bond motifs is 1. The van der Waals surface area contributed by atoms with Crippen LogP contribution in [0, 0.1) is 13.8 Å². The third-order valence-corrected chi connectivity index (χ3v) is 8.09. The molecule has 7 aromatic rings. The first kappa shape index (κ1) is 30.5. The van der Waals surface area contributed by atoms with Crippen LogP contribution in [0.15, 0.2) is 104 Å². The van der Waals surface area contributed by atoms with Gasteiger partial charge < -0.3 is 14.6 Å². The van der Waals surface area contributed by atoms with Gasteiger partial charge >= 0.3 is 6.18 Å². The van der Waals surface area contributed by atoms with Gasteiger partial charge in [0.1, 0.15) is 17.2 Å². The van der Waals surface area contributed by atoms with E-state index in [1.807, 2.05) is 71.2 Å². The molecule has 1 N–H and O–H groups in total. The maximum atomic E-state index is 13.8. The lowest BCUT2D eigenvalue weighted by atomic mass is 10.1. The van der Waals surface area contributed by atoms with Crippen molar-refractivity contribution in [2.24, 2.45) is 0 Å². The van der Waals surface area contributed by atoms with Crippen LogP contribution in [0.2, 0.25) is 0 Å². The number of amides is 1. The monoisotopic (exact) mass is 650 g/mol. The average Bonchev–Trinajstić information content (AvgIpc) is 3.87. The topological polar surface area (TPSA) is 96.2 Å². The van der Waals surface area contributed by atoms with Crippen LogP contribution in [0.1, 0.15) is 32.9 Å². The van der Waals surface area contributed by atoms with Crippen molar-refractivity contribution in [2.75, 3.05) is 12.4 Å². The summed E-state index contributed by atoms with van der Waals surface area (Å²) in [7, 11) is 1.63. The van der Waals surface area contributed by atoms with Gasteiger partial charge in [0.15, 0.2) is 0 Å². The largest absolute Gasteiger partial charge is 0.497 e. The minimum absolute atomic E-state index is 0.133. The van der Waals surface area contributed by atoms with Gasteiger partial charge in [-0.1, -0.05) is 18.2 Å². The minimum Gasteiger partial charge on any atom is -0.497 e. The molecule has 4 aromatic heterocycles. The number of benzene rings is 3. The van der Waals surface area contributed by atoms with E-state index < -0.39 is 17.6 Å². The number of nitrogens with zero attached hydrogens (tertiary/aromatic N) is 7. The highest BCUT2D eigenvalue weighted by atomic mass is 19.4. The summed E-state index contributed by atoms with van der Waals surface area (Å²) in [5.41, 5.74) is 4.66. The standard InChI is InChI=1S/C35H29F3N8O2/c1-22-4-7-28(41-34(47)25-14-27(35(36,37)38)16-29(15-25)44-11-10-39-23(44)2)17-32(22)45-12-13-46-33(45)18-31(42-46)26-19-40-43(21-26)20-24-5-8-30(48-3)9-6-24/h4-19,21H,20H2,1-3H3,(H,41,47). The Morgan fingerprint density at radius 1 is 0.938 bits per heavy atom. The molecule has 0 fully saturated rings. The van der Waals surface area contributed by atoms with Gasteiger partial charge in [-0.3, -0.25) is 14.0 Å². The molecule has 0 spiro atoms. The molecule has 0 bridgehead atoms. The lowest BCUT2D eigenvalue weighted by Gasteiger charge is -2.15. The summed E-state index contributed by atoms with van der Waals surface area (Å²) in [5, 5.41) is 12.0. The van der Waals surface area contributed by atoms with Crippen molar-refractivity contribution in [1.29, 1.82) is 0 Å². The van der Waals surface area contributed by atoms with Crippen LogP contribution in [-0.4, -0.2) is 46.5 Å². The maximum Gasteiger partial charge on any atom is 0.416 e. The SMILES string of the molecule is COc1ccc(Cn2cc(-c3cc4n(-c5cc(NC(=O)c6cc(-n7ccnc7C)cc(C(F)(F)F)c6)ccc5C)ccn4n3)cn2)cc1. The second kappa shape index (κ2) is 11.9. The zero-order valence-electron chi connectivity index (χ0n) is 26.1. The molecule has 48 heavy (non-hydrogen) atoms. The molecule has 0 unspecified atom stereocenters. The van der Waals surface area contributed by atoms with E-state index >= 15 is 0 Å². The lowest BCUT2D eigenvalue weighted by Crippen LogP contribution is -2.15. The van der Waals surface area contributed by atoms with Gasteiger partial charge in [0.05, 0.1) is 36.8 Å². The summed E-state index contributed by atoms with van der Waals surface area (Å²) in [5.74, 6) is 0.609. The first-order valence-corrected chi connectivity index (χ1v) is 14.9. The van der Waals surface area contributed by atoms with Crippen LogP contribution in [0.4, 0.5) is 18.9 Å². The number of hydrogen-bond acceptors (Lipinski definition) is 5. The van der Waals surface area contributed by atoms with Crippen molar-refractivity contribution in [3.05, 3.63) is 132 Å². The number of halogens is 3. The first-order valence-electron chi connectivity index (χ1n) is 14.9. The van der Waals surface area contributed by atoms with Crippen molar-refractivity contribution in [2.45, 2.75) is 26.6 Å². The quantitative estimate of drug-likeness (QED) is 0.189. The summed E-state index contributed by atoms with van der Waals surface area (Å²) >= 11 is 0. The zero-order chi connectivity index (χ0) is 33.6. The van der Waals surface area contributed by atoms with Gasteiger partial charge in [-0.25, -0.2) is 9.50 Å². The minimum atomic E-state index is -4.64. The van der Waals surface area contributed by atoms with Crippen LogP contribution in [0.3, 0.4) is 0 Å². The Hall–Kier alpha value is -6.11. The summed E-state index contributed by atoms with van der Waals surface area (Å²) in [6.07, 6.45) is 5.79. The number of carbonyl (C=O) groups excluding carboxylic acids is 1. The predicted octanol–water partition coefficient (Wildman–Crippen LogP) is 7.12. The van der Waals surface area contributed by atoms with Gasteiger partial charge in [0.25, 0.3) is 5.91 Å². The van der Waals surface area contributed by atoms with E-state index in [2.05, 4.69) is 15.4 Å². The number of methoxy groups -OCH3 is 1. The number of carbonyl (C=O) groups is 1. The smallest absolute Gasteiger partial charge is 0.416 e. The van der Waals surface area contributed by atoms with Crippen LogP contribution < -0.4 is 10.1 Å². The van der Waals surface area contributed by atoms with Crippen molar-refractivity contribution in [3.63, 3.8) is 0 Å². The Morgan fingerprint density at radius 2 is 1.75 bits per heavy atom. The summed E-state index contributed by atoms with van der Waals surface area (Å²) in [6, 6.07) is 18.3. The van der Waals surface area contributed by atoms with Crippen molar-refractivity contribution >= 4 is 17.2 Å². The van der Waals surface area contributed by atoms with E-state index in [0.29, 0.717) is 18.1 Å². The zero-order valence-corrected chi connectivity index (χ0v) is 26.1. The van der Waals surface area contributed by atoms with Crippen molar-refractivity contribution < 1.29 is 22.7 Å². The van der Waals surface area contributed by atoms with Gasteiger partial charge in [-0.15, -0.1) is 0 Å². The number of aryl methyl sites for hydroxylation is 2. The molecule has 0 atom stereocenters. The van der Waals surface area contributed by atoms with Gasteiger partial charge in [-0.2, -0.15) is 23.4 Å². The third kappa shape index (κ3) is 5.93. The van der Waals surface area contributed by atoms with Crippen molar-refractivity contribution in [3.8, 4) is 28.4 Å². The second-order valence-corrected chi connectivity index (χ2v) is 11.3. The van der Waals surface area contributed by atoms with Crippen LogP contribution in [-0.2, 0) is 12.7 Å². The number of nitrogens with one attached hydrogen (secondary N) is 1. The van der Waals surface area contributed by atoms with Crippen LogP contribution in [0.5, 0.6) is 5.75 Å². The molecule has 1 amide bonds. The van der Waals surface area contributed by atoms with Crippen LogP contribution in [0.25, 0.3) is 28.3 Å². The maximum absolute atomic E-state index is 13.8. The fourth-order valence-electron chi connectivity index (χ4n) is 5.57. The highest BCUT2D eigenvalue weighted by molar-refractivity contribution is 6.05. The molecule has 13 heteroatoms. The number of anilines is 1. The molecule has 4 heterocycles. The fraction of sp³-hybridized carbons (Fsp3) is 0.143. The van der Waals surface area contributed by atoms with E-state index in [1.54, 1.807) is 43.1 Å². The van der Waals surface area contributed by atoms with Gasteiger partial charge in [0, 0.05) is 59.6 Å². The van der Waals surface area contributed by atoms with E-state index in [9.17, 15) is 18.0 Å². The molecular formula is C35H29F3N8O2. The lowest BCUT2D eigenvalue weighted by molar-refractivity contribution is -0.137. The molecule has 0 aliphatic heterocycles. The molecule has 3 aromatic carbocycles. The Kier molecular flexibility index (Phi) is 7.58. The van der Waals surface area contributed by atoms with Gasteiger partial charge in [-0.05, 0) is 67.4 Å². The second-order valence-electron chi connectivity index (χ2n) is 11.3. The number of rotatable bonds is 8. The normalized spacial score (nSPS) is 11.7. The third-order valence-electron chi connectivity index (χ3n) is 8.09. The summed E-state index contributed by atoms with van der Waals surface area (Å²) < 4.78 is 53.7. The number of alkyl halides is 3. The number of aromatic nitrogens is 7. The number of imidazole rings is 2. The highest BCUT2D eigenvalue weighted by Crippen LogP contribution is 2.32. The average molecular weight is 651 g/mol. The first-order chi connectivity index (χ1) is 23.1. The predicted molar refractivity (Wildman–Crippen MR) is 174 cm³/mol. The van der Waals surface area contributed by atoms with Crippen molar-refractivity contribution in [1.82, 2.24) is 33.5 Å².